The number of rotatable bonds is 7. The minimum Gasteiger partial charge on any atom is -0.497 e. The first-order valence-corrected chi connectivity index (χ1v) is 9.24. The van der Waals surface area contributed by atoms with Gasteiger partial charge in [-0.3, -0.25) is 0 Å². The van der Waals surface area contributed by atoms with Crippen LogP contribution < -0.4 is 19.3 Å². The van der Waals surface area contributed by atoms with Gasteiger partial charge in [-0.15, -0.1) is 0 Å². The van der Waals surface area contributed by atoms with Gasteiger partial charge in [0.1, 0.15) is 30.8 Å². The molecule has 0 saturated carbocycles. The molecule has 1 atom stereocenters. The maximum absolute atomic E-state index is 10.3. The molecule has 0 radical (unpaired) electrons. The maximum Gasteiger partial charge on any atom is 0.137 e. The van der Waals surface area contributed by atoms with Gasteiger partial charge < -0.3 is 24.4 Å². The molecule has 0 aromatic heterocycles. The lowest BCUT2D eigenvalue weighted by atomic mass is 10.2. The van der Waals surface area contributed by atoms with E-state index in [4.69, 9.17) is 9.47 Å². The Kier molecular flexibility index (Phi) is 6.36. The standard InChI is InChI=1S/C21H28N2O3/c1-17-3-7-21(8-4-17)26-16-19(24)15-22-11-13-23(14-12-22)18-5-9-20(25-2)10-6-18/h3-10,19,24H,11-16H2,1-2H3/p+1/t19-/m0/s1. The first-order chi connectivity index (χ1) is 12.6. The Morgan fingerprint density at radius 3 is 2.23 bits per heavy atom. The molecule has 140 valence electrons. The summed E-state index contributed by atoms with van der Waals surface area (Å²) in [6.45, 7) is 7.15. The second kappa shape index (κ2) is 8.92. The Bertz CT molecular complexity index is 665. The Balaban J connectivity index is 1.40. The minimum absolute atomic E-state index is 0.342. The highest BCUT2D eigenvalue weighted by Gasteiger charge is 2.22. The number of methoxy groups -OCH3 is 1. The zero-order valence-electron chi connectivity index (χ0n) is 15.6. The lowest BCUT2D eigenvalue weighted by molar-refractivity contribution is -0.903. The van der Waals surface area contributed by atoms with Crippen LogP contribution in [0.15, 0.2) is 48.5 Å². The third kappa shape index (κ3) is 5.13. The average Bonchev–Trinajstić information content (AvgIpc) is 2.68. The van der Waals surface area contributed by atoms with Crippen molar-refractivity contribution in [3.63, 3.8) is 0 Å². The fourth-order valence-corrected chi connectivity index (χ4v) is 3.30. The summed E-state index contributed by atoms with van der Waals surface area (Å²) in [7, 11) is 1.69. The van der Waals surface area contributed by atoms with Crippen molar-refractivity contribution in [1.82, 2.24) is 0 Å². The Hall–Kier alpha value is -2.24. The van der Waals surface area contributed by atoms with Gasteiger partial charge in [0.25, 0.3) is 0 Å². The van der Waals surface area contributed by atoms with Crippen LogP contribution in [0.3, 0.4) is 0 Å². The van der Waals surface area contributed by atoms with Gasteiger partial charge in [0, 0.05) is 5.69 Å². The molecule has 0 bridgehead atoms. The third-order valence-corrected chi connectivity index (χ3v) is 4.90. The third-order valence-electron chi connectivity index (χ3n) is 4.90. The van der Waals surface area contributed by atoms with Crippen molar-refractivity contribution in [3.05, 3.63) is 54.1 Å². The average molecular weight is 357 g/mol. The number of hydrogen-bond donors (Lipinski definition) is 2. The number of aryl methyl sites for hydroxylation is 1. The fraction of sp³-hybridized carbons (Fsp3) is 0.429. The highest BCUT2D eigenvalue weighted by atomic mass is 16.5. The second-order valence-corrected chi connectivity index (χ2v) is 6.92. The van der Waals surface area contributed by atoms with Gasteiger partial charge in [-0.2, -0.15) is 0 Å². The molecule has 1 aliphatic rings. The van der Waals surface area contributed by atoms with Crippen molar-refractivity contribution in [2.24, 2.45) is 0 Å². The van der Waals surface area contributed by atoms with Gasteiger partial charge in [0.15, 0.2) is 0 Å². The van der Waals surface area contributed by atoms with Crippen LogP contribution in [0.2, 0.25) is 0 Å². The molecule has 0 aliphatic carbocycles. The van der Waals surface area contributed by atoms with Crippen molar-refractivity contribution in [2.45, 2.75) is 13.0 Å². The Labute approximate surface area is 155 Å². The van der Waals surface area contributed by atoms with E-state index < -0.39 is 6.10 Å². The number of piperazine rings is 1. The first-order valence-electron chi connectivity index (χ1n) is 9.24. The number of aliphatic hydroxyl groups excluding tert-OH is 1. The van der Waals surface area contributed by atoms with Crippen LogP contribution in [0.4, 0.5) is 5.69 Å². The van der Waals surface area contributed by atoms with E-state index in [9.17, 15) is 5.11 Å². The molecular weight excluding hydrogens is 328 g/mol. The molecule has 5 heteroatoms. The molecule has 1 saturated heterocycles. The number of nitrogens with one attached hydrogen (secondary N) is 1. The maximum atomic E-state index is 10.3. The largest absolute Gasteiger partial charge is 0.497 e. The van der Waals surface area contributed by atoms with Gasteiger partial charge in [0.2, 0.25) is 0 Å². The number of quaternary nitrogens is 1. The topological polar surface area (TPSA) is 46.4 Å². The van der Waals surface area contributed by atoms with Gasteiger partial charge in [0.05, 0.1) is 33.3 Å². The molecular formula is C21H29N2O3+. The van der Waals surface area contributed by atoms with Crippen LogP contribution in [0.25, 0.3) is 0 Å². The quantitative estimate of drug-likeness (QED) is 0.780. The minimum atomic E-state index is -0.446. The lowest BCUT2D eigenvalue weighted by Gasteiger charge is -2.34. The molecule has 2 N–H and O–H groups in total. The summed E-state index contributed by atoms with van der Waals surface area (Å²) in [6.07, 6.45) is -0.446. The normalized spacial score (nSPS) is 16.3. The van der Waals surface area contributed by atoms with Gasteiger partial charge in [-0.05, 0) is 43.3 Å². The lowest BCUT2D eigenvalue weighted by Crippen LogP contribution is -3.16. The zero-order valence-corrected chi connectivity index (χ0v) is 15.6. The molecule has 2 aromatic carbocycles. The molecule has 1 aliphatic heterocycles. The highest BCUT2D eigenvalue weighted by molar-refractivity contribution is 5.49. The molecule has 26 heavy (non-hydrogen) atoms. The van der Waals surface area contributed by atoms with Gasteiger partial charge in [-0.25, -0.2) is 0 Å². The molecule has 3 rings (SSSR count). The van der Waals surface area contributed by atoms with Crippen molar-refractivity contribution < 1.29 is 19.5 Å². The highest BCUT2D eigenvalue weighted by Crippen LogP contribution is 2.19. The van der Waals surface area contributed by atoms with Crippen LogP contribution >= 0.6 is 0 Å². The van der Waals surface area contributed by atoms with Gasteiger partial charge in [-0.1, -0.05) is 17.7 Å². The van der Waals surface area contributed by atoms with Crippen LogP contribution in [0, 0.1) is 6.92 Å². The molecule has 0 amide bonds. The number of nitrogens with zero attached hydrogens (tertiary/aromatic N) is 1. The number of anilines is 1. The van der Waals surface area contributed by atoms with E-state index in [-0.39, 0.29) is 0 Å². The van der Waals surface area contributed by atoms with E-state index in [2.05, 4.69) is 17.0 Å². The summed E-state index contributed by atoms with van der Waals surface area (Å²) in [6, 6.07) is 16.1. The van der Waals surface area contributed by atoms with Crippen LogP contribution in [-0.4, -0.2) is 57.7 Å². The van der Waals surface area contributed by atoms with E-state index in [0.29, 0.717) is 6.61 Å². The SMILES string of the molecule is COc1ccc(N2CC[NH+](C[C@H](O)COc3ccc(C)cc3)CC2)cc1. The second-order valence-electron chi connectivity index (χ2n) is 6.92. The number of benzene rings is 2. The summed E-state index contributed by atoms with van der Waals surface area (Å²) in [5.41, 5.74) is 2.44. The first kappa shape index (κ1) is 18.5. The van der Waals surface area contributed by atoms with Crippen molar-refractivity contribution in [1.29, 1.82) is 0 Å². The predicted molar refractivity (Wildman–Crippen MR) is 103 cm³/mol. The molecule has 5 nitrogen and oxygen atoms in total. The Morgan fingerprint density at radius 1 is 1.00 bits per heavy atom. The van der Waals surface area contributed by atoms with Crippen molar-refractivity contribution in [3.8, 4) is 11.5 Å². The fourth-order valence-electron chi connectivity index (χ4n) is 3.30. The smallest absolute Gasteiger partial charge is 0.137 e. The van der Waals surface area contributed by atoms with Gasteiger partial charge >= 0.3 is 0 Å². The van der Waals surface area contributed by atoms with E-state index in [0.717, 1.165) is 44.2 Å². The zero-order chi connectivity index (χ0) is 18.4. The monoisotopic (exact) mass is 357 g/mol. The van der Waals surface area contributed by atoms with Crippen LogP contribution in [0.1, 0.15) is 5.56 Å². The Morgan fingerprint density at radius 2 is 1.62 bits per heavy atom. The van der Waals surface area contributed by atoms with Crippen molar-refractivity contribution in [2.75, 3.05) is 51.3 Å². The molecule has 1 heterocycles. The number of hydrogen-bond acceptors (Lipinski definition) is 4. The van der Waals surface area contributed by atoms with Crippen molar-refractivity contribution >= 4 is 5.69 Å². The number of aliphatic hydroxyl groups is 1. The van der Waals surface area contributed by atoms with Crippen LogP contribution in [0.5, 0.6) is 11.5 Å². The predicted octanol–water partition coefficient (Wildman–Crippen LogP) is 1.15. The van der Waals surface area contributed by atoms with E-state index in [1.807, 2.05) is 43.3 Å². The van der Waals surface area contributed by atoms with E-state index in [1.165, 1.54) is 16.2 Å². The molecule has 0 unspecified atom stereocenters. The molecule has 0 spiro atoms. The molecule has 1 fully saturated rings. The summed E-state index contributed by atoms with van der Waals surface area (Å²) in [5, 5.41) is 10.3. The summed E-state index contributed by atoms with van der Waals surface area (Å²) < 4.78 is 10.9. The van der Waals surface area contributed by atoms with E-state index in [1.54, 1.807) is 7.11 Å². The molecule has 2 aromatic rings. The van der Waals surface area contributed by atoms with E-state index >= 15 is 0 Å². The number of ether oxygens (including phenoxy) is 2. The summed E-state index contributed by atoms with van der Waals surface area (Å²) in [4.78, 5) is 3.81. The van der Waals surface area contributed by atoms with Crippen LogP contribution in [-0.2, 0) is 0 Å². The summed E-state index contributed by atoms with van der Waals surface area (Å²) >= 11 is 0. The summed E-state index contributed by atoms with van der Waals surface area (Å²) in [5.74, 6) is 1.70.